The topological polar surface area (TPSA) is 48.4 Å². The van der Waals surface area contributed by atoms with Crippen LogP contribution in [-0.2, 0) is 4.74 Å². The molecular weight excluding hydrogens is 278 g/mol. The van der Waals surface area contributed by atoms with Crippen LogP contribution in [0.4, 0.5) is 0 Å². The van der Waals surface area contributed by atoms with E-state index < -0.39 is 0 Å². The lowest BCUT2D eigenvalue weighted by Crippen LogP contribution is -2.04. The Morgan fingerprint density at radius 3 is 2.64 bits per heavy atom. The molecule has 110 valence electrons. The number of benzene rings is 2. The molecule has 0 unspecified atom stereocenters. The predicted octanol–water partition coefficient (Wildman–Crippen LogP) is 4.20. The van der Waals surface area contributed by atoms with Crippen molar-refractivity contribution < 1.29 is 14.3 Å². The number of para-hydroxylation sites is 1. The number of hydrogen-bond acceptors (Lipinski definition) is 4. The average molecular weight is 293 g/mol. The Bertz CT molecular complexity index is 800. The van der Waals surface area contributed by atoms with Crippen LogP contribution in [0.3, 0.4) is 0 Å². The average Bonchev–Trinajstić information content (AvgIpc) is 2.55. The van der Waals surface area contributed by atoms with E-state index in [0.717, 1.165) is 16.7 Å². The molecule has 0 aliphatic carbocycles. The zero-order valence-electron chi connectivity index (χ0n) is 12.2. The molecule has 0 aliphatic heterocycles. The number of esters is 1. The first-order valence-corrected chi connectivity index (χ1v) is 7.06. The van der Waals surface area contributed by atoms with E-state index in [2.05, 4.69) is 4.98 Å². The Labute approximate surface area is 128 Å². The smallest absolute Gasteiger partial charge is 0.339 e. The minimum atomic E-state index is -0.369. The highest BCUT2D eigenvalue weighted by molar-refractivity contribution is 5.93. The van der Waals surface area contributed by atoms with Crippen LogP contribution in [0.25, 0.3) is 10.9 Å². The van der Waals surface area contributed by atoms with Gasteiger partial charge in [-0.1, -0.05) is 18.2 Å². The fourth-order valence-electron chi connectivity index (χ4n) is 2.12. The molecule has 1 heterocycles. The normalized spacial score (nSPS) is 10.4. The van der Waals surface area contributed by atoms with Gasteiger partial charge in [-0.25, -0.2) is 4.79 Å². The van der Waals surface area contributed by atoms with Crippen molar-refractivity contribution in [3.63, 3.8) is 0 Å². The van der Waals surface area contributed by atoms with Crippen molar-refractivity contribution in [2.75, 3.05) is 6.61 Å². The van der Waals surface area contributed by atoms with Crippen molar-refractivity contribution in [3.8, 4) is 11.5 Å². The van der Waals surface area contributed by atoms with Gasteiger partial charge in [-0.15, -0.1) is 0 Å². The maximum Gasteiger partial charge on any atom is 0.339 e. The van der Waals surface area contributed by atoms with Gasteiger partial charge in [-0.2, -0.15) is 0 Å². The molecule has 0 bridgehead atoms. The van der Waals surface area contributed by atoms with Gasteiger partial charge < -0.3 is 9.47 Å². The summed E-state index contributed by atoms with van der Waals surface area (Å²) in [6, 6.07) is 16.9. The minimum Gasteiger partial charge on any atom is -0.462 e. The predicted molar refractivity (Wildman–Crippen MR) is 84.2 cm³/mol. The lowest BCUT2D eigenvalue weighted by atomic mass is 10.1. The standard InChI is InChI=1S/C18H15NO3/c1-2-21-18(20)14-10-13-11-16(8-9-17(13)19-12-14)22-15-6-4-3-5-7-15/h3-12H,2H2,1H3. The van der Waals surface area contributed by atoms with Gasteiger partial charge in [-0.05, 0) is 43.3 Å². The molecule has 4 heteroatoms. The van der Waals surface area contributed by atoms with Crippen molar-refractivity contribution in [1.29, 1.82) is 0 Å². The number of nitrogens with zero attached hydrogens (tertiary/aromatic N) is 1. The van der Waals surface area contributed by atoms with Gasteiger partial charge >= 0.3 is 5.97 Å². The maximum absolute atomic E-state index is 11.8. The first-order valence-electron chi connectivity index (χ1n) is 7.06. The van der Waals surface area contributed by atoms with Crippen molar-refractivity contribution in [2.45, 2.75) is 6.92 Å². The molecule has 1 aromatic heterocycles. The summed E-state index contributed by atoms with van der Waals surface area (Å²) < 4.78 is 10.8. The van der Waals surface area contributed by atoms with Gasteiger partial charge in [0, 0.05) is 11.6 Å². The number of fused-ring (bicyclic) bond motifs is 1. The van der Waals surface area contributed by atoms with Gasteiger partial charge in [0.15, 0.2) is 0 Å². The number of ether oxygens (including phenoxy) is 2. The highest BCUT2D eigenvalue weighted by Gasteiger charge is 2.08. The molecule has 0 fully saturated rings. The number of rotatable bonds is 4. The molecule has 0 atom stereocenters. The first kappa shape index (κ1) is 14.1. The lowest BCUT2D eigenvalue weighted by molar-refractivity contribution is 0.0526. The van der Waals surface area contributed by atoms with E-state index in [1.807, 2.05) is 48.5 Å². The van der Waals surface area contributed by atoms with E-state index in [1.165, 1.54) is 6.20 Å². The molecule has 0 N–H and O–H groups in total. The van der Waals surface area contributed by atoms with Crippen LogP contribution in [0.2, 0.25) is 0 Å². The second-order valence-electron chi connectivity index (χ2n) is 4.71. The fourth-order valence-corrected chi connectivity index (χ4v) is 2.12. The summed E-state index contributed by atoms with van der Waals surface area (Å²) >= 11 is 0. The van der Waals surface area contributed by atoms with Gasteiger partial charge in [0.2, 0.25) is 0 Å². The van der Waals surface area contributed by atoms with Gasteiger partial charge in [-0.3, -0.25) is 4.98 Å². The highest BCUT2D eigenvalue weighted by Crippen LogP contribution is 2.25. The summed E-state index contributed by atoms with van der Waals surface area (Å²) in [7, 11) is 0. The molecule has 0 spiro atoms. The van der Waals surface area contributed by atoms with Gasteiger partial charge in [0.25, 0.3) is 0 Å². The monoisotopic (exact) mass is 293 g/mol. The largest absolute Gasteiger partial charge is 0.462 e. The number of carbonyl (C=O) groups excluding carboxylic acids is 1. The van der Waals surface area contributed by atoms with E-state index in [1.54, 1.807) is 13.0 Å². The first-order chi connectivity index (χ1) is 10.8. The Kier molecular flexibility index (Phi) is 4.01. The molecule has 4 nitrogen and oxygen atoms in total. The molecule has 0 amide bonds. The number of aromatic nitrogens is 1. The molecule has 0 saturated carbocycles. The molecule has 22 heavy (non-hydrogen) atoms. The molecule has 2 aromatic carbocycles. The van der Waals surface area contributed by atoms with Crippen molar-refractivity contribution >= 4 is 16.9 Å². The van der Waals surface area contributed by atoms with Gasteiger partial charge in [0.1, 0.15) is 11.5 Å². The zero-order valence-corrected chi connectivity index (χ0v) is 12.2. The number of carbonyl (C=O) groups is 1. The lowest BCUT2D eigenvalue weighted by Gasteiger charge is -2.07. The van der Waals surface area contributed by atoms with Crippen molar-refractivity contribution in [2.24, 2.45) is 0 Å². The molecule has 3 aromatic rings. The molecule has 0 radical (unpaired) electrons. The summed E-state index contributed by atoms with van der Waals surface area (Å²) in [5, 5.41) is 0.832. The summed E-state index contributed by atoms with van der Waals surface area (Å²) in [5.74, 6) is 1.09. The quantitative estimate of drug-likeness (QED) is 0.676. The summed E-state index contributed by atoms with van der Waals surface area (Å²) in [6.07, 6.45) is 1.53. The Hall–Kier alpha value is -2.88. The second-order valence-corrected chi connectivity index (χ2v) is 4.71. The molecule has 3 rings (SSSR count). The Balaban J connectivity index is 1.92. The van der Waals surface area contributed by atoms with E-state index in [4.69, 9.17) is 9.47 Å². The third-order valence-electron chi connectivity index (χ3n) is 3.14. The summed E-state index contributed by atoms with van der Waals surface area (Å²) in [4.78, 5) is 16.0. The van der Waals surface area contributed by atoms with Crippen molar-refractivity contribution in [1.82, 2.24) is 4.98 Å². The van der Waals surface area contributed by atoms with Gasteiger partial charge in [0.05, 0.1) is 17.7 Å². The Morgan fingerprint density at radius 1 is 1.05 bits per heavy atom. The van der Waals surface area contributed by atoms with E-state index in [-0.39, 0.29) is 5.97 Å². The summed E-state index contributed by atoms with van der Waals surface area (Å²) in [5.41, 5.74) is 1.24. The van der Waals surface area contributed by atoms with Crippen LogP contribution in [0.15, 0.2) is 60.8 Å². The minimum absolute atomic E-state index is 0.341. The fraction of sp³-hybridized carbons (Fsp3) is 0.111. The second kappa shape index (κ2) is 6.26. The third-order valence-corrected chi connectivity index (χ3v) is 3.14. The van der Waals surface area contributed by atoms with Crippen LogP contribution in [0.1, 0.15) is 17.3 Å². The van der Waals surface area contributed by atoms with Crippen LogP contribution in [0, 0.1) is 0 Å². The molecule has 0 saturated heterocycles. The Morgan fingerprint density at radius 2 is 1.86 bits per heavy atom. The van der Waals surface area contributed by atoms with Crippen LogP contribution in [-0.4, -0.2) is 17.6 Å². The summed E-state index contributed by atoms with van der Waals surface area (Å²) in [6.45, 7) is 2.12. The van der Waals surface area contributed by atoms with Crippen LogP contribution >= 0.6 is 0 Å². The number of hydrogen-bond donors (Lipinski definition) is 0. The highest BCUT2D eigenvalue weighted by atomic mass is 16.5. The molecule has 0 aliphatic rings. The van der Waals surface area contributed by atoms with E-state index in [9.17, 15) is 4.79 Å². The van der Waals surface area contributed by atoms with Crippen LogP contribution in [0.5, 0.6) is 11.5 Å². The zero-order chi connectivity index (χ0) is 15.4. The molecular formula is C18H15NO3. The van der Waals surface area contributed by atoms with Crippen LogP contribution < -0.4 is 4.74 Å². The number of pyridine rings is 1. The van der Waals surface area contributed by atoms with E-state index >= 15 is 0 Å². The maximum atomic E-state index is 11.8. The third kappa shape index (κ3) is 3.06. The van der Waals surface area contributed by atoms with Crippen molar-refractivity contribution in [3.05, 3.63) is 66.4 Å². The van der Waals surface area contributed by atoms with E-state index in [0.29, 0.717) is 17.9 Å². The SMILES string of the molecule is CCOC(=O)c1cnc2ccc(Oc3ccccc3)cc2c1.